The Bertz CT molecular complexity index is 1050. The van der Waals surface area contributed by atoms with Crippen LogP contribution in [0.4, 0.5) is 5.82 Å². The first-order valence-electron chi connectivity index (χ1n) is 10.9. The second-order valence-electron chi connectivity index (χ2n) is 7.76. The lowest BCUT2D eigenvalue weighted by molar-refractivity contribution is -0.129. The molecule has 4 heterocycles. The highest BCUT2D eigenvalue weighted by Gasteiger charge is 2.27. The van der Waals surface area contributed by atoms with E-state index in [-0.39, 0.29) is 11.9 Å². The van der Waals surface area contributed by atoms with Crippen molar-refractivity contribution in [2.45, 2.75) is 66.1 Å². The van der Waals surface area contributed by atoms with Crippen LogP contribution < -0.4 is 5.32 Å². The quantitative estimate of drug-likeness (QED) is 0.644. The van der Waals surface area contributed by atoms with Crippen molar-refractivity contribution in [2.75, 3.05) is 18.4 Å². The summed E-state index contributed by atoms with van der Waals surface area (Å²) in [6.45, 7) is 11.3. The van der Waals surface area contributed by atoms with Crippen LogP contribution in [0.5, 0.6) is 0 Å². The summed E-state index contributed by atoms with van der Waals surface area (Å²) in [5.41, 5.74) is 3.71. The number of likely N-dealkylation sites (tertiary alicyclic amines) is 1. The maximum atomic E-state index is 12.0. The van der Waals surface area contributed by atoms with Gasteiger partial charge in [0.2, 0.25) is 5.91 Å². The molecule has 4 rings (SSSR count). The molecule has 0 saturated carbocycles. The Morgan fingerprint density at radius 3 is 2.80 bits per heavy atom. The summed E-state index contributed by atoms with van der Waals surface area (Å²) in [4.78, 5) is 27.9. The van der Waals surface area contributed by atoms with Gasteiger partial charge in [-0.05, 0) is 26.7 Å². The van der Waals surface area contributed by atoms with E-state index in [2.05, 4.69) is 45.7 Å². The molecule has 0 bridgehead atoms. The van der Waals surface area contributed by atoms with Crippen molar-refractivity contribution < 1.29 is 4.79 Å². The minimum atomic E-state index is 0.169. The molecule has 1 N–H and O–H groups in total. The molecule has 30 heavy (non-hydrogen) atoms. The van der Waals surface area contributed by atoms with Crippen LogP contribution >= 0.6 is 0 Å². The van der Waals surface area contributed by atoms with Crippen molar-refractivity contribution in [2.24, 2.45) is 0 Å². The molecule has 1 aliphatic heterocycles. The van der Waals surface area contributed by atoms with E-state index in [1.54, 1.807) is 6.33 Å². The topological polar surface area (TPSA) is 93.8 Å². The number of amides is 1. The Morgan fingerprint density at radius 1 is 1.27 bits per heavy atom. The molecule has 0 spiro atoms. The minimum absolute atomic E-state index is 0.169. The Kier molecular flexibility index (Phi) is 5.69. The first-order chi connectivity index (χ1) is 14.6. The van der Waals surface area contributed by atoms with Crippen molar-refractivity contribution in [3.05, 3.63) is 18.2 Å². The average Bonchev–Trinajstić information content (AvgIpc) is 3.46. The van der Waals surface area contributed by atoms with Gasteiger partial charge in [-0.3, -0.25) is 9.48 Å². The summed E-state index contributed by atoms with van der Waals surface area (Å²) in [5, 5.41) is 8.01. The van der Waals surface area contributed by atoms with Gasteiger partial charge in [0.15, 0.2) is 17.0 Å². The van der Waals surface area contributed by atoms with Crippen molar-refractivity contribution in [3.8, 4) is 11.4 Å². The Morgan fingerprint density at radius 2 is 2.10 bits per heavy atom. The number of nitrogens with one attached hydrogen (secondary N) is 1. The molecule has 3 aromatic heterocycles. The summed E-state index contributed by atoms with van der Waals surface area (Å²) in [5.74, 6) is 1.80. The molecular formula is C21H30N8O. The maximum Gasteiger partial charge on any atom is 0.222 e. The van der Waals surface area contributed by atoms with Crippen LogP contribution in [0.1, 0.15) is 45.7 Å². The van der Waals surface area contributed by atoms with Crippen LogP contribution in [0.2, 0.25) is 0 Å². The Balaban J connectivity index is 1.71. The Labute approximate surface area is 176 Å². The van der Waals surface area contributed by atoms with Gasteiger partial charge < -0.3 is 14.8 Å². The molecule has 0 radical (unpaired) electrons. The lowest BCUT2D eigenvalue weighted by atomic mass is 10.2. The highest BCUT2D eigenvalue weighted by Crippen LogP contribution is 2.30. The fourth-order valence-corrected chi connectivity index (χ4v) is 4.19. The predicted molar refractivity (Wildman–Crippen MR) is 116 cm³/mol. The molecule has 1 atom stereocenters. The number of carbonyl (C=O) groups is 1. The van der Waals surface area contributed by atoms with Gasteiger partial charge in [0.25, 0.3) is 0 Å². The number of fused-ring (bicyclic) bond motifs is 1. The summed E-state index contributed by atoms with van der Waals surface area (Å²) < 4.78 is 4.14. The molecule has 9 nitrogen and oxygen atoms in total. The lowest BCUT2D eigenvalue weighted by Gasteiger charge is -2.16. The maximum absolute atomic E-state index is 12.0. The molecule has 1 saturated heterocycles. The van der Waals surface area contributed by atoms with Gasteiger partial charge >= 0.3 is 0 Å². The number of imidazole rings is 1. The van der Waals surface area contributed by atoms with Gasteiger partial charge in [-0.15, -0.1) is 0 Å². The molecule has 160 valence electrons. The number of hydrogen-bond acceptors (Lipinski definition) is 6. The fourth-order valence-electron chi connectivity index (χ4n) is 4.19. The molecule has 9 heteroatoms. The molecule has 3 aromatic rings. The number of aromatic nitrogens is 6. The molecular weight excluding hydrogens is 380 g/mol. The monoisotopic (exact) mass is 410 g/mol. The van der Waals surface area contributed by atoms with E-state index in [0.29, 0.717) is 13.0 Å². The minimum Gasteiger partial charge on any atom is -0.364 e. The largest absolute Gasteiger partial charge is 0.364 e. The second kappa shape index (κ2) is 8.41. The first-order valence-corrected chi connectivity index (χ1v) is 10.9. The van der Waals surface area contributed by atoms with E-state index in [1.165, 1.54) is 0 Å². The van der Waals surface area contributed by atoms with Crippen LogP contribution in [0.3, 0.4) is 0 Å². The lowest BCUT2D eigenvalue weighted by Crippen LogP contribution is -2.31. The van der Waals surface area contributed by atoms with E-state index in [4.69, 9.17) is 4.98 Å². The molecule has 1 aliphatic rings. The highest BCUT2D eigenvalue weighted by atomic mass is 16.2. The molecule has 0 aromatic carbocycles. The van der Waals surface area contributed by atoms with Gasteiger partial charge in [0, 0.05) is 44.3 Å². The van der Waals surface area contributed by atoms with Crippen molar-refractivity contribution in [1.82, 2.24) is 34.2 Å². The zero-order valence-corrected chi connectivity index (χ0v) is 18.2. The number of aryl methyl sites for hydroxylation is 2. The summed E-state index contributed by atoms with van der Waals surface area (Å²) >= 11 is 0. The van der Waals surface area contributed by atoms with E-state index in [0.717, 1.165) is 66.5 Å². The Hall–Kier alpha value is -2.97. The zero-order valence-electron chi connectivity index (χ0n) is 18.2. The van der Waals surface area contributed by atoms with Gasteiger partial charge in [-0.25, -0.2) is 15.0 Å². The summed E-state index contributed by atoms with van der Waals surface area (Å²) in [6, 6.07) is 0.169. The first kappa shape index (κ1) is 20.3. The van der Waals surface area contributed by atoms with Crippen molar-refractivity contribution in [1.29, 1.82) is 0 Å². The SMILES string of the molecule is CCCn1c(-c2cnn(CC)c2C)nc2c(N[C@H]3CCN(C(=O)CC)C3)ncnc21. The van der Waals surface area contributed by atoms with Gasteiger partial charge in [-0.1, -0.05) is 13.8 Å². The van der Waals surface area contributed by atoms with E-state index < -0.39 is 0 Å². The second-order valence-corrected chi connectivity index (χ2v) is 7.76. The van der Waals surface area contributed by atoms with Crippen molar-refractivity contribution >= 4 is 22.9 Å². The number of carbonyl (C=O) groups excluding carboxylic acids is 1. The number of rotatable bonds is 7. The molecule has 0 aliphatic carbocycles. The van der Waals surface area contributed by atoms with Crippen LogP contribution in [-0.2, 0) is 17.9 Å². The number of hydrogen-bond donors (Lipinski definition) is 1. The number of anilines is 1. The third-order valence-corrected chi connectivity index (χ3v) is 5.81. The summed E-state index contributed by atoms with van der Waals surface area (Å²) in [7, 11) is 0. The van der Waals surface area contributed by atoms with Gasteiger partial charge in [0.05, 0.1) is 11.8 Å². The zero-order chi connectivity index (χ0) is 21.3. The van der Waals surface area contributed by atoms with E-state index >= 15 is 0 Å². The van der Waals surface area contributed by atoms with Crippen LogP contribution in [0.15, 0.2) is 12.5 Å². The fraction of sp³-hybridized carbons (Fsp3) is 0.571. The molecule has 1 amide bonds. The average molecular weight is 411 g/mol. The van der Waals surface area contributed by atoms with Crippen molar-refractivity contribution in [3.63, 3.8) is 0 Å². The van der Waals surface area contributed by atoms with E-state index in [1.807, 2.05) is 22.7 Å². The van der Waals surface area contributed by atoms with E-state index in [9.17, 15) is 4.79 Å². The highest BCUT2D eigenvalue weighted by molar-refractivity contribution is 5.86. The van der Waals surface area contributed by atoms with Crippen LogP contribution in [-0.4, -0.2) is 59.2 Å². The normalized spacial score (nSPS) is 16.5. The molecule has 1 fully saturated rings. The third kappa shape index (κ3) is 3.53. The van der Waals surface area contributed by atoms with Crippen LogP contribution in [0.25, 0.3) is 22.6 Å². The third-order valence-electron chi connectivity index (χ3n) is 5.81. The standard InChI is InChI=1S/C21H30N8O/c1-5-9-28-20(16-11-24-29(7-3)14(16)4)26-18-19(22-13-23-21(18)28)25-15-8-10-27(12-15)17(30)6-2/h11,13,15H,5-10,12H2,1-4H3,(H,22,23,25)/t15-/m0/s1. The smallest absolute Gasteiger partial charge is 0.222 e. The van der Waals surface area contributed by atoms with Gasteiger partial charge in [-0.2, -0.15) is 5.10 Å². The number of nitrogens with zero attached hydrogens (tertiary/aromatic N) is 7. The molecule has 0 unspecified atom stereocenters. The van der Waals surface area contributed by atoms with Crippen LogP contribution in [0, 0.1) is 6.92 Å². The predicted octanol–water partition coefficient (Wildman–Crippen LogP) is 2.85. The summed E-state index contributed by atoms with van der Waals surface area (Å²) in [6.07, 6.45) is 5.90. The van der Waals surface area contributed by atoms with Gasteiger partial charge in [0.1, 0.15) is 12.2 Å².